The third-order valence-electron chi connectivity index (χ3n) is 6.09. The normalized spacial score (nSPS) is 10.2. The molecule has 0 aliphatic carbocycles. The van der Waals surface area contributed by atoms with Crippen molar-refractivity contribution >= 4 is 11.8 Å². The number of hydrogen-bond acceptors (Lipinski definition) is 6. The highest BCUT2D eigenvalue weighted by atomic mass is 16.5. The van der Waals surface area contributed by atoms with E-state index in [0.717, 1.165) is 12.8 Å². The second kappa shape index (κ2) is 16.4. The van der Waals surface area contributed by atoms with Crippen LogP contribution in [-0.4, -0.2) is 28.6 Å². The second-order valence-electron chi connectivity index (χ2n) is 9.21. The van der Waals surface area contributed by atoms with Crippen molar-refractivity contribution in [3.05, 3.63) is 120 Å². The molecule has 40 heavy (non-hydrogen) atoms. The molecule has 0 aliphatic rings. The fraction of sp³-hybridized carbons (Fsp3) is 0.235. The van der Waals surface area contributed by atoms with Crippen molar-refractivity contribution < 1.29 is 29.3 Å². The van der Waals surface area contributed by atoms with E-state index in [1.165, 1.54) is 43.9 Å². The summed E-state index contributed by atoms with van der Waals surface area (Å²) in [5.41, 5.74) is 1.02. The van der Waals surface area contributed by atoms with Gasteiger partial charge in [0.1, 0.15) is 28.6 Å². The Bertz CT molecular complexity index is 1340. The van der Waals surface area contributed by atoms with Crippen molar-refractivity contribution in [3.63, 3.8) is 0 Å². The van der Waals surface area contributed by atoms with Crippen LogP contribution in [0.15, 0.2) is 103 Å². The summed E-state index contributed by atoms with van der Waals surface area (Å²) in [5, 5.41) is 19.6. The molecular formula is C34H36O6. The van der Waals surface area contributed by atoms with Gasteiger partial charge < -0.3 is 19.7 Å². The van der Waals surface area contributed by atoms with Gasteiger partial charge in [-0.2, -0.15) is 0 Å². The Kier molecular flexibility index (Phi) is 12.3. The minimum absolute atomic E-state index is 0.0377. The van der Waals surface area contributed by atoms with Crippen LogP contribution in [0.25, 0.3) is 0 Å². The Morgan fingerprint density at radius 1 is 0.625 bits per heavy atom. The molecule has 0 fully saturated rings. The lowest BCUT2D eigenvalue weighted by atomic mass is 10.0. The van der Waals surface area contributed by atoms with Crippen molar-refractivity contribution in [1.82, 2.24) is 0 Å². The van der Waals surface area contributed by atoms with Gasteiger partial charge in [-0.1, -0.05) is 99.7 Å². The number of para-hydroxylation sites is 2. The lowest BCUT2D eigenvalue weighted by molar-refractivity contribution is 0.0731. The van der Waals surface area contributed by atoms with Crippen molar-refractivity contribution in [2.75, 3.05) is 6.61 Å². The van der Waals surface area contributed by atoms with Crippen LogP contribution in [0.5, 0.6) is 23.0 Å². The lowest BCUT2D eigenvalue weighted by Gasteiger charge is -2.09. The number of phenols is 2. The first-order chi connectivity index (χ1) is 19.5. The molecule has 0 radical (unpaired) electrons. The standard InChI is InChI=1S/C21H26O3.C13H10O3/c1-2-3-4-5-6-10-15-24-18-13-14-19(20(22)16-18)21(23)17-11-8-7-9-12-17;14-12-9-5-4-8-11(12)13(15)16-10-6-2-1-3-7-10/h7-9,11-14,16,22H,2-6,10,15H2,1H3;1-9,14H. The van der Waals surface area contributed by atoms with Gasteiger partial charge in [0.25, 0.3) is 0 Å². The number of carbonyl (C=O) groups excluding carboxylic acids is 2. The van der Waals surface area contributed by atoms with Gasteiger partial charge in [-0.25, -0.2) is 4.79 Å². The van der Waals surface area contributed by atoms with E-state index in [1.54, 1.807) is 60.7 Å². The van der Waals surface area contributed by atoms with Crippen LogP contribution in [0.2, 0.25) is 0 Å². The first-order valence-electron chi connectivity index (χ1n) is 13.6. The number of esters is 1. The van der Waals surface area contributed by atoms with Crippen molar-refractivity contribution in [2.45, 2.75) is 45.4 Å². The molecule has 6 nitrogen and oxygen atoms in total. The summed E-state index contributed by atoms with van der Waals surface area (Å²) in [4.78, 5) is 24.0. The molecule has 2 N–H and O–H groups in total. The van der Waals surface area contributed by atoms with E-state index in [-0.39, 0.29) is 22.8 Å². The third kappa shape index (κ3) is 9.62. The minimum Gasteiger partial charge on any atom is -0.507 e. The van der Waals surface area contributed by atoms with E-state index in [9.17, 15) is 19.8 Å². The number of ether oxygens (including phenoxy) is 2. The number of benzene rings is 4. The molecule has 208 valence electrons. The molecule has 0 saturated heterocycles. The fourth-order valence-corrected chi connectivity index (χ4v) is 3.91. The maximum Gasteiger partial charge on any atom is 0.347 e. The molecule has 0 saturated carbocycles. The number of rotatable bonds is 12. The van der Waals surface area contributed by atoms with Crippen LogP contribution in [0, 0.1) is 0 Å². The maximum absolute atomic E-state index is 12.4. The number of phenolic OH excluding ortho intramolecular Hbond substituents is 2. The molecular weight excluding hydrogens is 504 g/mol. The summed E-state index contributed by atoms with van der Waals surface area (Å²) in [6.07, 6.45) is 7.25. The molecule has 4 aromatic rings. The molecule has 0 heterocycles. The van der Waals surface area contributed by atoms with Crippen molar-refractivity contribution in [1.29, 1.82) is 0 Å². The van der Waals surface area contributed by atoms with E-state index < -0.39 is 5.97 Å². The number of ketones is 1. The van der Waals surface area contributed by atoms with Gasteiger partial charge in [-0.05, 0) is 42.8 Å². The van der Waals surface area contributed by atoms with Crippen LogP contribution in [0.3, 0.4) is 0 Å². The van der Waals surface area contributed by atoms with Crippen molar-refractivity contribution in [3.8, 4) is 23.0 Å². The molecule has 6 heteroatoms. The minimum atomic E-state index is -0.565. The summed E-state index contributed by atoms with van der Waals surface area (Å²) < 4.78 is 10.7. The van der Waals surface area contributed by atoms with Crippen molar-refractivity contribution in [2.24, 2.45) is 0 Å². The van der Waals surface area contributed by atoms with E-state index in [0.29, 0.717) is 29.2 Å². The number of unbranched alkanes of at least 4 members (excludes halogenated alkanes) is 5. The topological polar surface area (TPSA) is 93.1 Å². The highest BCUT2D eigenvalue weighted by Gasteiger charge is 2.14. The Morgan fingerprint density at radius 2 is 1.25 bits per heavy atom. The summed E-state index contributed by atoms with van der Waals surface area (Å²) in [7, 11) is 0. The number of hydrogen-bond donors (Lipinski definition) is 2. The fourth-order valence-electron chi connectivity index (χ4n) is 3.91. The molecule has 0 spiro atoms. The van der Waals surface area contributed by atoms with Crippen LogP contribution < -0.4 is 9.47 Å². The molecule has 4 aromatic carbocycles. The second-order valence-corrected chi connectivity index (χ2v) is 9.21. The summed E-state index contributed by atoms with van der Waals surface area (Å²) in [5.74, 6) is 0.189. The molecule has 0 unspecified atom stereocenters. The van der Waals surface area contributed by atoms with Gasteiger partial charge in [0, 0.05) is 11.6 Å². The average molecular weight is 541 g/mol. The average Bonchev–Trinajstić information content (AvgIpc) is 2.98. The zero-order valence-corrected chi connectivity index (χ0v) is 22.8. The Hall–Kier alpha value is -4.58. The highest BCUT2D eigenvalue weighted by molar-refractivity contribution is 6.10. The van der Waals surface area contributed by atoms with Crippen LogP contribution >= 0.6 is 0 Å². The Balaban J connectivity index is 0.000000238. The van der Waals surface area contributed by atoms with Gasteiger partial charge in [0.05, 0.1) is 12.2 Å². The van der Waals surface area contributed by atoms with Crippen LogP contribution in [0.1, 0.15) is 71.7 Å². The molecule has 0 aliphatic heterocycles. The van der Waals surface area contributed by atoms with E-state index in [2.05, 4.69) is 6.92 Å². The van der Waals surface area contributed by atoms with Crippen LogP contribution in [0.4, 0.5) is 0 Å². The largest absolute Gasteiger partial charge is 0.507 e. The summed E-state index contributed by atoms with van der Waals surface area (Å²) in [6, 6.07) is 28.9. The van der Waals surface area contributed by atoms with Gasteiger partial charge in [0.2, 0.25) is 0 Å². The van der Waals surface area contributed by atoms with Gasteiger partial charge in [0.15, 0.2) is 5.78 Å². The number of aromatic hydroxyl groups is 2. The van der Waals surface area contributed by atoms with E-state index >= 15 is 0 Å². The smallest absolute Gasteiger partial charge is 0.347 e. The molecule has 4 rings (SSSR count). The molecule has 0 amide bonds. The monoisotopic (exact) mass is 540 g/mol. The molecule has 0 aromatic heterocycles. The summed E-state index contributed by atoms with van der Waals surface area (Å²) in [6.45, 7) is 2.85. The SMILES string of the molecule is CCCCCCCCOc1ccc(C(=O)c2ccccc2)c(O)c1.O=C(Oc1ccccc1)c1ccccc1O. The molecule has 0 atom stereocenters. The third-order valence-corrected chi connectivity index (χ3v) is 6.09. The predicted octanol–water partition coefficient (Wildman–Crippen LogP) is 7.97. The quantitative estimate of drug-likeness (QED) is 0.0819. The van der Waals surface area contributed by atoms with Gasteiger partial charge in [-0.15, -0.1) is 0 Å². The Labute approximate surface area is 235 Å². The first kappa shape index (κ1) is 30.0. The van der Waals surface area contributed by atoms with E-state index in [4.69, 9.17) is 9.47 Å². The summed E-state index contributed by atoms with van der Waals surface area (Å²) >= 11 is 0. The number of carbonyl (C=O) groups is 2. The van der Waals surface area contributed by atoms with Gasteiger partial charge >= 0.3 is 5.97 Å². The predicted molar refractivity (Wildman–Crippen MR) is 156 cm³/mol. The Morgan fingerprint density at radius 3 is 1.93 bits per heavy atom. The zero-order chi connectivity index (χ0) is 28.6. The van der Waals surface area contributed by atoms with Crippen LogP contribution in [-0.2, 0) is 0 Å². The van der Waals surface area contributed by atoms with Gasteiger partial charge in [-0.3, -0.25) is 4.79 Å². The highest BCUT2D eigenvalue weighted by Crippen LogP contribution is 2.26. The zero-order valence-electron chi connectivity index (χ0n) is 22.8. The maximum atomic E-state index is 12.4. The molecule has 0 bridgehead atoms. The first-order valence-corrected chi connectivity index (χ1v) is 13.6. The lowest BCUT2D eigenvalue weighted by Crippen LogP contribution is -2.08. The van der Waals surface area contributed by atoms with E-state index in [1.807, 2.05) is 24.3 Å².